The van der Waals surface area contributed by atoms with Crippen molar-refractivity contribution in [1.29, 1.82) is 0 Å². The number of carbonyl (C=O) groups is 1. The molecule has 0 bridgehead atoms. The van der Waals surface area contributed by atoms with E-state index >= 15 is 0 Å². The quantitative estimate of drug-likeness (QED) is 0.795. The van der Waals surface area contributed by atoms with Gasteiger partial charge >= 0.3 is 0 Å². The summed E-state index contributed by atoms with van der Waals surface area (Å²) in [7, 11) is 0. The van der Waals surface area contributed by atoms with Crippen molar-refractivity contribution in [1.82, 2.24) is 5.32 Å². The molecule has 3 nitrogen and oxygen atoms in total. The molecule has 3 heteroatoms. The lowest BCUT2D eigenvalue weighted by Gasteiger charge is -2.26. The van der Waals surface area contributed by atoms with E-state index in [0.717, 1.165) is 19.3 Å². The molecule has 1 aliphatic rings. The second kappa shape index (κ2) is 5.12. The van der Waals surface area contributed by atoms with Crippen molar-refractivity contribution < 1.29 is 9.90 Å². The van der Waals surface area contributed by atoms with E-state index in [1.54, 1.807) is 12.1 Å². The lowest BCUT2D eigenvalue weighted by molar-refractivity contribution is 0.0850. The Balaban J connectivity index is 1.92. The molecule has 16 heavy (non-hydrogen) atoms. The van der Waals surface area contributed by atoms with Gasteiger partial charge in [-0.05, 0) is 37.8 Å². The highest BCUT2D eigenvalue weighted by atomic mass is 16.3. The fraction of sp³-hybridized carbons (Fsp3) is 0.462. The number of hydrogen-bond acceptors (Lipinski definition) is 2. The number of carbonyl (C=O) groups excluding carboxylic acids is 1. The van der Waals surface area contributed by atoms with Crippen LogP contribution in [-0.2, 0) is 0 Å². The number of nitrogens with one attached hydrogen (secondary N) is 1. The topological polar surface area (TPSA) is 49.3 Å². The van der Waals surface area contributed by atoms with Crippen molar-refractivity contribution in [3.8, 4) is 0 Å². The van der Waals surface area contributed by atoms with Gasteiger partial charge in [0.15, 0.2) is 0 Å². The summed E-state index contributed by atoms with van der Waals surface area (Å²) in [5.74, 6) is -0.0419. The van der Waals surface area contributed by atoms with E-state index in [4.69, 9.17) is 0 Å². The number of amides is 1. The Bertz CT molecular complexity index is 350. The van der Waals surface area contributed by atoms with Gasteiger partial charge in [-0.15, -0.1) is 0 Å². The fourth-order valence-corrected chi connectivity index (χ4v) is 2.15. The molecule has 86 valence electrons. The SMILES string of the molecule is O=C(N[C@@H]1CCC[C@H](O)C1)c1ccccc1. The van der Waals surface area contributed by atoms with E-state index in [0.29, 0.717) is 12.0 Å². The summed E-state index contributed by atoms with van der Waals surface area (Å²) in [5, 5.41) is 12.5. The van der Waals surface area contributed by atoms with Crippen molar-refractivity contribution in [2.24, 2.45) is 0 Å². The maximum absolute atomic E-state index is 11.8. The molecule has 0 spiro atoms. The van der Waals surface area contributed by atoms with Crippen LogP contribution in [-0.4, -0.2) is 23.2 Å². The average Bonchev–Trinajstić information content (AvgIpc) is 2.30. The van der Waals surface area contributed by atoms with E-state index in [1.807, 2.05) is 18.2 Å². The van der Waals surface area contributed by atoms with Crippen LogP contribution in [0.4, 0.5) is 0 Å². The van der Waals surface area contributed by atoms with Crippen LogP contribution in [0.2, 0.25) is 0 Å². The lowest BCUT2D eigenvalue weighted by atomic mass is 9.93. The molecule has 1 aromatic carbocycles. The second-order valence-electron chi connectivity index (χ2n) is 4.36. The van der Waals surface area contributed by atoms with Crippen LogP contribution in [0.1, 0.15) is 36.0 Å². The van der Waals surface area contributed by atoms with Gasteiger partial charge in [0.1, 0.15) is 0 Å². The molecule has 0 aromatic heterocycles. The zero-order valence-corrected chi connectivity index (χ0v) is 9.23. The van der Waals surface area contributed by atoms with Crippen molar-refractivity contribution >= 4 is 5.91 Å². The van der Waals surface area contributed by atoms with Gasteiger partial charge in [0.2, 0.25) is 0 Å². The van der Waals surface area contributed by atoms with Crippen LogP contribution < -0.4 is 5.32 Å². The number of aliphatic hydroxyl groups is 1. The first-order chi connectivity index (χ1) is 7.75. The second-order valence-corrected chi connectivity index (χ2v) is 4.36. The Labute approximate surface area is 95.5 Å². The molecule has 2 atom stereocenters. The summed E-state index contributed by atoms with van der Waals surface area (Å²) in [6, 6.07) is 9.32. The molecule has 1 saturated carbocycles. The van der Waals surface area contributed by atoms with Gasteiger partial charge in [0.05, 0.1) is 6.10 Å². The molecular weight excluding hydrogens is 202 g/mol. The highest BCUT2D eigenvalue weighted by Gasteiger charge is 2.21. The summed E-state index contributed by atoms with van der Waals surface area (Å²) in [6.45, 7) is 0. The third-order valence-corrected chi connectivity index (χ3v) is 3.02. The van der Waals surface area contributed by atoms with E-state index in [9.17, 15) is 9.90 Å². The fourth-order valence-electron chi connectivity index (χ4n) is 2.15. The smallest absolute Gasteiger partial charge is 0.251 e. The van der Waals surface area contributed by atoms with Crippen LogP contribution in [0.5, 0.6) is 0 Å². The number of hydrogen-bond donors (Lipinski definition) is 2. The van der Waals surface area contributed by atoms with Gasteiger partial charge in [-0.3, -0.25) is 4.79 Å². The Hall–Kier alpha value is -1.35. The minimum Gasteiger partial charge on any atom is -0.393 e. The highest BCUT2D eigenvalue weighted by molar-refractivity contribution is 5.94. The molecule has 0 saturated heterocycles. The standard InChI is InChI=1S/C13H17NO2/c15-12-8-4-7-11(9-12)14-13(16)10-5-2-1-3-6-10/h1-3,5-6,11-12,15H,4,7-9H2,(H,14,16)/t11-,12+/m1/s1. The van der Waals surface area contributed by atoms with Gasteiger partial charge in [0, 0.05) is 11.6 Å². The lowest BCUT2D eigenvalue weighted by Crippen LogP contribution is -2.39. The summed E-state index contributed by atoms with van der Waals surface area (Å²) < 4.78 is 0. The number of benzene rings is 1. The third-order valence-electron chi connectivity index (χ3n) is 3.02. The van der Waals surface area contributed by atoms with Crippen LogP contribution in [0.15, 0.2) is 30.3 Å². The molecular formula is C13H17NO2. The first kappa shape index (κ1) is 11.1. The maximum atomic E-state index is 11.8. The number of rotatable bonds is 2. The first-order valence-electron chi connectivity index (χ1n) is 5.79. The van der Waals surface area contributed by atoms with Gasteiger partial charge in [-0.2, -0.15) is 0 Å². The third kappa shape index (κ3) is 2.83. The van der Waals surface area contributed by atoms with Crippen molar-refractivity contribution in [2.45, 2.75) is 37.8 Å². The molecule has 0 aliphatic heterocycles. The zero-order valence-electron chi connectivity index (χ0n) is 9.23. The van der Waals surface area contributed by atoms with E-state index < -0.39 is 0 Å². The summed E-state index contributed by atoms with van der Waals surface area (Å²) in [4.78, 5) is 11.8. The summed E-state index contributed by atoms with van der Waals surface area (Å²) in [6.07, 6.45) is 3.24. The molecule has 0 unspecified atom stereocenters. The van der Waals surface area contributed by atoms with Crippen LogP contribution in [0.25, 0.3) is 0 Å². The largest absolute Gasteiger partial charge is 0.393 e. The molecule has 2 N–H and O–H groups in total. The van der Waals surface area contributed by atoms with E-state index in [-0.39, 0.29) is 18.1 Å². The van der Waals surface area contributed by atoms with Crippen LogP contribution >= 0.6 is 0 Å². The zero-order chi connectivity index (χ0) is 11.4. The molecule has 0 heterocycles. The Morgan fingerprint density at radius 3 is 2.69 bits per heavy atom. The van der Waals surface area contributed by atoms with Crippen molar-refractivity contribution in [2.75, 3.05) is 0 Å². The predicted molar refractivity (Wildman–Crippen MR) is 62.2 cm³/mol. The molecule has 1 amide bonds. The van der Waals surface area contributed by atoms with Crippen LogP contribution in [0, 0.1) is 0 Å². The number of aliphatic hydroxyl groups excluding tert-OH is 1. The predicted octanol–water partition coefficient (Wildman–Crippen LogP) is 1.72. The first-order valence-corrected chi connectivity index (χ1v) is 5.79. The Morgan fingerprint density at radius 2 is 2.00 bits per heavy atom. The normalized spacial score (nSPS) is 25.1. The van der Waals surface area contributed by atoms with Gasteiger partial charge < -0.3 is 10.4 Å². The summed E-state index contributed by atoms with van der Waals surface area (Å²) >= 11 is 0. The summed E-state index contributed by atoms with van der Waals surface area (Å²) in [5.41, 5.74) is 0.683. The Kier molecular flexibility index (Phi) is 3.57. The van der Waals surface area contributed by atoms with Crippen molar-refractivity contribution in [3.63, 3.8) is 0 Å². The average molecular weight is 219 g/mol. The molecule has 1 aromatic rings. The molecule has 2 rings (SSSR count). The monoisotopic (exact) mass is 219 g/mol. The minimum absolute atomic E-state index is 0.0419. The molecule has 0 radical (unpaired) electrons. The highest BCUT2D eigenvalue weighted by Crippen LogP contribution is 2.18. The van der Waals surface area contributed by atoms with Gasteiger partial charge in [-0.25, -0.2) is 0 Å². The molecule has 1 fully saturated rings. The molecule has 1 aliphatic carbocycles. The van der Waals surface area contributed by atoms with Crippen molar-refractivity contribution in [3.05, 3.63) is 35.9 Å². The Morgan fingerprint density at radius 1 is 1.25 bits per heavy atom. The van der Waals surface area contributed by atoms with Crippen LogP contribution in [0.3, 0.4) is 0 Å². The van der Waals surface area contributed by atoms with Gasteiger partial charge in [-0.1, -0.05) is 18.2 Å². The van der Waals surface area contributed by atoms with E-state index in [2.05, 4.69) is 5.32 Å². The van der Waals surface area contributed by atoms with Gasteiger partial charge in [0.25, 0.3) is 5.91 Å². The van der Waals surface area contributed by atoms with E-state index in [1.165, 1.54) is 0 Å². The maximum Gasteiger partial charge on any atom is 0.251 e. The minimum atomic E-state index is -0.255.